The largest absolute Gasteiger partial charge is 0.271 e. The van der Waals surface area contributed by atoms with E-state index in [0.29, 0.717) is 6.04 Å². The number of hydrogen-bond acceptors (Lipinski definition) is 3. The molecule has 0 aliphatic carbocycles. The first-order valence-corrected chi connectivity index (χ1v) is 6.23. The fraction of sp³-hybridized carbons (Fsp3) is 0.400. The minimum Gasteiger partial charge on any atom is -0.271 e. The van der Waals surface area contributed by atoms with E-state index in [2.05, 4.69) is 11.7 Å². The average Bonchev–Trinajstić information content (AvgIpc) is 2.20. The van der Waals surface area contributed by atoms with E-state index in [9.17, 15) is 0 Å². The second-order valence-corrected chi connectivity index (χ2v) is 4.50. The van der Waals surface area contributed by atoms with Crippen LogP contribution in [0.2, 0.25) is 5.02 Å². The number of thioether (sulfide) groups is 1. The summed E-state index contributed by atoms with van der Waals surface area (Å²) in [7, 11) is 0. The van der Waals surface area contributed by atoms with Crippen LogP contribution in [0.4, 0.5) is 0 Å². The number of rotatable bonds is 5. The lowest BCUT2D eigenvalue weighted by Gasteiger charge is -2.14. The monoisotopic (exact) mass is 230 g/mol. The molecule has 1 aromatic rings. The Morgan fingerprint density at radius 3 is 2.57 bits per heavy atom. The normalized spacial score (nSPS) is 12.8. The molecule has 4 heteroatoms. The zero-order chi connectivity index (χ0) is 10.4. The maximum Gasteiger partial charge on any atom is 0.0406 e. The fourth-order valence-corrected chi connectivity index (χ4v) is 2.01. The lowest BCUT2D eigenvalue weighted by molar-refractivity contribution is 0.576. The molecule has 0 saturated carbocycles. The summed E-state index contributed by atoms with van der Waals surface area (Å²) in [6, 6.07) is 8.21. The van der Waals surface area contributed by atoms with E-state index in [1.165, 1.54) is 5.56 Å². The Morgan fingerprint density at radius 2 is 2.07 bits per heavy atom. The molecule has 3 N–H and O–H groups in total. The van der Waals surface area contributed by atoms with Gasteiger partial charge in [0.2, 0.25) is 0 Å². The highest BCUT2D eigenvalue weighted by molar-refractivity contribution is 7.98. The first-order chi connectivity index (χ1) is 6.76. The molecule has 1 rings (SSSR count). The predicted octanol–water partition coefficient (Wildman–Crippen LogP) is 2.08. The Labute approximate surface area is 94.2 Å². The van der Waals surface area contributed by atoms with Gasteiger partial charge in [-0.2, -0.15) is 11.8 Å². The highest BCUT2D eigenvalue weighted by Crippen LogP contribution is 2.12. The second kappa shape index (κ2) is 6.30. The van der Waals surface area contributed by atoms with Gasteiger partial charge in [0, 0.05) is 16.8 Å². The molecule has 2 nitrogen and oxygen atoms in total. The molecule has 0 fully saturated rings. The molecule has 0 saturated heterocycles. The highest BCUT2D eigenvalue weighted by atomic mass is 35.5. The van der Waals surface area contributed by atoms with Crippen LogP contribution in [0.1, 0.15) is 5.56 Å². The summed E-state index contributed by atoms with van der Waals surface area (Å²) in [6.45, 7) is 0. The van der Waals surface area contributed by atoms with Crippen LogP contribution in [-0.4, -0.2) is 18.1 Å². The third-order valence-electron chi connectivity index (χ3n) is 2.00. The van der Waals surface area contributed by atoms with Crippen molar-refractivity contribution >= 4 is 23.4 Å². The van der Waals surface area contributed by atoms with Crippen LogP contribution in [0.5, 0.6) is 0 Å². The Bertz CT molecular complexity index is 263. The topological polar surface area (TPSA) is 38.0 Å². The zero-order valence-corrected chi connectivity index (χ0v) is 9.74. The summed E-state index contributed by atoms with van der Waals surface area (Å²) in [6.07, 6.45) is 3.01. The Hall–Kier alpha value is -0.220. The minimum absolute atomic E-state index is 0.325. The first-order valence-electron chi connectivity index (χ1n) is 4.45. The van der Waals surface area contributed by atoms with Crippen LogP contribution >= 0.6 is 23.4 Å². The Morgan fingerprint density at radius 1 is 1.43 bits per heavy atom. The van der Waals surface area contributed by atoms with E-state index in [-0.39, 0.29) is 0 Å². The maximum atomic E-state index is 5.80. The Kier molecular flexibility index (Phi) is 5.33. The van der Waals surface area contributed by atoms with Crippen molar-refractivity contribution in [1.82, 2.24) is 5.43 Å². The van der Waals surface area contributed by atoms with E-state index in [1.807, 2.05) is 24.3 Å². The molecular formula is C10H15ClN2S. The number of nitrogens with one attached hydrogen (secondary N) is 1. The lowest BCUT2D eigenvalue weighted by Crippen LogP contribution is -2.38. The predicted molar refractivity (Wildman–Crippen MR) is 64.6 cm³/mol. The fourth-order valence-electron chi connectivity index (χ4n) is 1.27. The summed E-state index contributed by atoms with van der Waals surface area (Å²) in [4.78, 5) is 0. The lowest BCUT2D eigenvalue weighted by atomic mass is 10.1. The highest BCUT2D eigenvalue weighted by Gasteiger charge is 2.06. The van der Waals surface area contributed by atoms with Gasteiger partial charge in [-0.25, -0.2) is 0 Å². The molecule has 14 heavy (non-hydrogen) atoms. The van der Waals surface area contributed by atoms with Crippen molar-refractivity contribution in [2.45, 2.75) is 12.5 Å². The summed E-state index contributed by atoms with van der Waals surface area (Å²) in [5.74, 6) is 6.46. The number of halogens is 1. The van der Waals surface area contributed by atoms with Gasteiger partial charge in [-0.05, 0) is 30.4 Å². The van der Waals surface area contributed by atoms with Gasteiger partial charge in [0.05, 0.1) is 0 Å². The molecule has 1 unspecified atom stereocenters. The minimum atomic E-state index is 0.325. The average molecular weight is 231 g/mol. The van der Waals surface area contributed by atoms with Gasteiger partial charge in [0.25, 0.3) is 0 Å². The summed E-state index contributed by atoms with van der Waals surface area (Å²) < 4.78 is 0. The van der Waals surface area contributed by atoms with Crippen molar-refractivity contribution in [3.05, 3.63) is 34.9 Å². The summed E-state index contributed by atoms with van der Waals surface area (Å²) >= 11 is 7.59. The SMILES string of the molecule is CSCC(Cc1ccc(Cl)cc1)NN. The van der Waals surface area contributed by atoms with E-state index in [4.69, 9.17) is 17.4 Å². The van der Waals surface area contributed by atoms with Crippen molar-refractivity contribution < 1.29 is 0 Å². The van der Waals surface area contributed by atoms with Crippen molar-refractivity contribution in [2.24, 2.45) is 5.84 Å². The van der Waals surface area contributed by atoms with Crippen LogP contribution in [-0.2, 0) is 6.42 Å². The molecule has 0 amide bonds. The van der Waals surface area contributed by atoms with Crippen LogP contribution in [0.15, 0.2) is 24.3 Å². The molecule has 1 atom stereocenters. The third-order valence-corrected chi connectivity index (χ3v) is 2.99. The third kappa shape index (κ3) is 3.88. The van der Waals surface area contributed by atoms with Crippen molar-refractivity contribution in [1.29, 1.82) is 0 Å². The molecule has 0 heterocycles. The number of nitrogens with two attached hydrogens (primary N) is 1. The Balaban J connectivity index is 2.53. The molecule has 1 aromatic carbocycles. The molecule has 0 aliphatic heterocycles. The van der Waals surface area contributed by atoms with Gasteiger partial charge in [-0.15, -0.1) is 0 Å². The molecule has 78 valence electrons. The van der Waals surface area contributed by atoms with Gasteiger partial charge < -0.3 is 0 Å². The second-order valence-electron chi connectivity index (χ2n) is 3.15. The van der Waals surface area contributed by atoms with E-state index in [1.54, 1.807) is 11.8 Å². The van der Waals surface area contributed by atoms with Gasteiger partial charge in [0.15, 0.2) is 0 Å². The van der Waals surface area contributed by atoms with Crippen LogP contribution in [0.25, 0.3) is 0 Å². The molecular weight excluding hydrogens is 216 g/mol. The zero-order valence-electron chi connectivity index (χ0n) is 8.16. The van der Waals surface area contributed by atoms with E-state index < -0.39 is 0 Å². The number of benzene rings is 1. The first kappa shape index (κ1) is 11.9. The molecule has 0 radical (unpaired) electrons. The smallest absolute Gasteiger partial charge is 0.0406 e. The number of hydrogen-bond donors (Lipinski definition) is 2. The van der Waals surface area contributed by atoms with Gasteiger partial charge in [-0.1, -0.05) is 23.7 Å². The van der Waals surface area contributed by atoms with Crippen molar-refractivity contribution in [3.8, 4) is 0 Å². The summed E-state index contributed by atoms with van der Waals surface area (Å²) in [5, 5.41) is 0.774. The van der Waals surface area contributed by atoms with Gasteiger partial charge in [0.1, 0.15) is 0 Å². The van der Waals surface area contributed by atoms with Crippen molar-refractivity contribution in [3.63, 3.8) is 0 Å². The van der Waals surface area contributed by atoms with E-state index in [0.717, 1.165) is 17.2 Å². The van der Waals surface area contributed by atoms with Gasteiger partial charge >= 0.3 is 0 Å². The molecule has 0 aliphatic rings. The quantitative estimate of drug-likeness (QED) is 0.601. The van der Waals surface area contributed by atoms with Crippen LogP contribution in [0.3, 0.4) is 0 Å². The van der Waals surface area contributed by atoms with E-state index >= 15 is 0 Å². The number of hydrazine groups is 1. The molecule has 0 aromatic heterocycles. The molecule has 0 spiro atoms. The van der Waals surface area contributed by atoms with Crippen molar-refractivity contribution in [2.75, 3.05) is 12.0 Å². The van der Waals surface area contributed by atoms with Gasteiger partial charge in [-0.3, -0.25) is 11.3 Å². The summed E-state index contributed by atoms with van der Waals surface area (Å²) in [5.41, 5.74) is 4.07. The molecule has 0 bridgehead atoms. The standard InChI is InChI=1S/C10H15ClN2S/c1-14-7-10(13-12)6-8-2-4-9(11)5-3-8/h2-5,10,13H,6-7,12H2,1H3. The maximum absolute atomic E-state index is 5.80. The van der Waals surface area contributed by atoms with Crippen LogP contribution in [0, 0.1) is 0 Å². The van der Waals surface area contributed by atoms with Crippen LogP contribution < -0.4 is 11.3 Å².